The largest absolute Gasteiger partial charge is 0.466 e. The van der Waals surface area contributed by atoms with E-state index in [1.807, 2.05) is 0 Å². The lowest BCUT2D eigenvalue weighted by molar-refractivity contribution is -0.143. The Bertz CT molecular complexity index is 1120. The maximum Gasteiger partial charge on any atom is 0.305 e. The van der Waals surface area contributed by atoms with Gasteiger partial charge in [0.15, 0.2) is 0 Å². The molecule has 0 rings (SSSR count). The molecule has 1 amide bonds. The van der Waals surface area contributed by atoms with Crippen molar-refractivity contribution in [2.24, 2.45) is 0 Å². The molecular weight excluding hydrogens is 887 g/mol. The third kappa shape index (κ3) is 57.6. The number of amides is 1. The molecule has 0 saturated carbocycles. The number of aliphatic hydroxyl groups excluding tert-OH is 2. The number of nitrogens with one attached hydrogen (secondary N) is 1. The summed E-state index contributed by atoms with van der Waals surface area (Å²) < 4.78 is 5.47. The van der Waals surface area contributed by atoms with Crippen molar-refractivity contribution in [1.29, 1.82) is 0 Å². The summed E-state index contributed by atoms with van der Waals surface area (Å²) in [7, 11) is 0. The second-order valence-electron chi connectivity index (χ2n) is 22.4. The average Bonchev–Trinajstić information content (AvgIpc) is 3.38. The van der Waals surface area contributed by atoms with Gasteiger partial charge >= 0.3 is 5.97 Å². The van der Waals surface area contributed by atoms with Gasteiger partial charge in [0.1, 0.15) is 0 Å². The molecule has 0 aliphatic carbocycles. The van der Waals surface area contributed by atoms with Crippen LogP contribution in [0.3, 0.4) is 0 Å². The zero-order valence-corrected chi connectivity index (χ0v) is 48.7. The van der Waals surface area contributed by atoms with Gasteiger partial charge in [-0.15, -0.1) is 0 Å². The number of carbonyl (C=O) groups is 2. The maximum absolute atomic E-state index is 12.5. The molecule has 0 aromatic rings. The molecule has 0 aliphatic rings. The van der Waals surface area contributed by atoms with Crippen LogP contribution in [-0.4, -0.2) is 47.4 Å². The number of carbonyl (C=O) groups excluding carboxylic acids is 2. The van der Waals surface area contributed by atoms with Crippen molar-refractivity contribution in [2.75, 3.05) is 13.2 Å². The summed E-state index contributed by atoms with van der Waals surface area (Å²) in [6, 6.07) is -0.547. The highest BCUT2D eigenvalue weighted by atomic mass is 16.5. The molecule has 6 nitrogen and oxygen atoms in total. The summed E-state index contributed by atoms with van der Waals surface area (Å²) in [6.45, 7) is 4.95. The van der Waals surface area contributed by atoms with E-state index in [2.05, 4.69) is 43.5 Å². The normalized spacial score (nSPS) is 12.7. The molecule has 72 heavy (non-hydrogen) atoms. The molecule has 0 aliphatic heterocycles. The highest BCUT2D eigenvalue weighted by Crippen LogP contribution is 2.18. The van der Waals surface area contributed by atoms with Crippen molar-refractivity contribution in [3.63, 3.8) is 0 Å². The topological polar surface area (TPSA) is 95.9 Å². The molecule has 2 atom stereocenters. The van der Waals surface area contributed by atoms with Gasteiger partial charge < -0.3 is 20.3 Å². The van der Waals surface area contributed by atoms with Crippen molar-refractivity contribution in [3.8, 4) is 0 Å². The lowest BCUT2D eigenvalue weighted by atomic mass is 10.0. The molecule has 426 valence electrons. The van der Waals surface area contributed by atoms with Crippen molar-refractivity contribution in [3.05, 3.63) is 24.3 Å². The monoisotopic (exact) mass is 1010 g/mol. The summed E-state index contributed by atoms with van der Waals surface area (Å²) >= 11 is 0. The van der Waals surface area contributed by atoms with Gasteiger partial charge in [0.25, 0.3) is 0 Å². The van der Waals surface area contributed by atoms with Gasteiger partial charge in [-0.2, -0.15) is 0 Å². The number of aliphatic hydroxyl groups is 2. The third-order valence-electron chi connectivity index (χ3n) is 15.2. The molecule has 3 N–H and O–H groups in total. The molecule has 0 heterocycles. The predicted molar refractivity (Wildman–Crippen MR) is 315 cm³/mol. The number of esters is 1. The van der Waals surface area contributed by atoms with Crippen LogP contribution in [0.15, 0.2) is 24.3 Å². The fourth-order valence-electron chi connectivity index (χ4n) is 10.2. The summed E-state index contributed by atoms with van der Waals surface area (Å²) in [5, 5.41) is 23.4. The van der Waals surface area contributed by atoms with Crippen molar-refractivity contribution in [1.82, 2.24) is 5.32 Å². The quantitative estimate of drug-likeness (QED) is 0.0320. The molecule has 6 heteroatoms. The standard InChI is InChI=1S/C66H127NO5/c1-3-5-7-9-11-13-15-17-18-19-20-26-29-32-35-38-42-46-50-54-58-64(69)63(62-68)67-65(70)59-55-51-47-43-39-36-33-30-27-24-22-21-23-25-28-31-34-37-41-45-49-53-57-61-72-66(71)60-56-52-48-44-40-16-14-12-10-8-6-4-2/h12,14,24,27,63-64,68-69H,3-11,13,15-23,25-26,28-62H2,1-2H3,(H,67,70)/b14-12-,27-24-. The SMILES string of the molecule is CCCCC/C=C\CCCCCCCC(=O)OCCCCCCCCCCCCCC/C=C\CCCCCCCCCC(=O)NC(CO)C(O)CCCCCCCCCCCCCCCCCCCCCC. The molecule has 0 aromatic carbocycles. The Morgan fingerprint density at radius 2 is 0.653 bits per heavy atom. The minimum atomic E-state index is -0.669. The van der Waals surface area contributed by atoms with Gasteiger partial charge in [0.05, 0.1) is 25.4 Å². The maximum atomic E-state index is 12.5. The number of rotatable bonds is 61. The average molecular weight is 1010 g/mol. The second-order valence-corrected chi connectivity index (χ2v) is 22.4. The molecule has 0 aromatic heterocycles. The van der Waals surface area contributed by atoms with Crippen LogP contribution in [0.4, 0.5) is 0 Å². The van der Waals surface area contributed by atoms with Gasteiger partial charge in [0.2, 0.25) is 5.91 Å². The van der Waals surface area contributed by atoms with E-state index >= 15 is 0 Å². The minimum Gasteiger partial charge on any atom is -0.466 e. The highest BCUT2D eigenvalue weighted by molar-refractivity contribution is 5.76. The van der Waals surface area contributed by atoms with Gasteiger partial charge in [-0.3, -0.25) is 9.59 Å². The van der Waals surface area contributed by atoms with Gasteiger partial charge in [-0.05, 0) is 77.0 Å². The Morgan fingerprint density at radius 1 is 0.375 bits per heavy atom. The first kappa shape index (κ1) is 70.3. The Labute approximate surface area is 450 Å². The van der Waals surface area contributed by atoms with Gasteiger partial charge in [-0.1, -0.05) is 295 Å². The minimum absolute atomic E-state index is 0.00193. The number of ether oxygens (including phenoxy) is 1. The lowest BCUT2D eigenvalue weighted by Crippen LogP contribution is -2.45. The lowest BCUT2D eigenvalue weighted by Gasteiger charge is -2.22. The summed E-state index contributed by atoms with van der Waals surface area (Å²) in [6.07, 6.45) is 76.3. The van der Waals surface area contributed by atoms with E-state index in [9.17, 15) is 19.8 Å². The first-order valence-electron chi connectivity index (χ1n) is 32.6. The van der Waals surface area contributed by atoms with E-state index in [-0.39, 0.29) is 18.5 Å². The van der Waals surface area contributed by atoms with E-state index in [0.29, 0.717) is 25.9 Å². The van der Waals surface area contributed by atoms with Crippen LogP contribution in [0.2, 0.25) is 0 Å². The number of unbranched alkanes of at least 4 members (excludes halogenated alkanes) is 46. The van der Waals surface area contributed by atoms with Crippen LogP contribution in [0, 0.1) is 0 Å². The number of hydrogen-bond donors (Lipinski definition) is 3. The Hall–Kier alpha value is -1.66. The van der Waals surface area contributed by atoms with Crippen molar-refractivity contribution in [2.45, 2.75) is 373 Å². The van der Waals surface area contributed by atoms with Crippen LogP contribution in [0.5, 0.6) is 0 Å². The summed E-state index contributed by atoms with van der Waals surface area (Å²) in [5.41, 5.74) is 0. The van der Waals surface area contributed by atoms with Crippen molar-refractivity contribution >= 4 is 11.9 Å². The molecule has 2 unspecified atom stereocenters. The van der Waals surface area contributed by atoms with Crippen LogP contribution >= 0.6 is 0 Å². The van der Waals surface area contributed by atoms with Gasteiger partial charge in [0, 0.05) is 12.8 Å². The van der Waals surface area contributed by atoms with Crippen LogP contribution in [0.25, 0.3) is 0 Å². The summed E-state index contributed by atoms with van der Waals surface area (Å²) in [4.78, 5) is 24.5. The molecule has 0 saturated heterocycles. The first-order chi connectivity index (χ1) is 35.5. The number of hydrogen-bond acceptors (Lipinski definition) is 5. The Morgan fingerprint density at radius 3 is 1.01 bits per heavy atom. The molecule has 0 radical (unpaired) electrons. The van der Waals surface area contributed by atoms with E-state index in [0.717, 1.165) is 44.9 Å². The van der Waals surface area contributed by atoms with Gasteiger partial charge in [-0.25, -0.2) is 0 Å². The zero-order chi connectivity index (χ0) is 52.2. The van der Waals surface area contributed by atoms with E-state index in [1.54, 1.807) is 0 Å². The smallest absolute Gasteiger partial charge is 0.305 e. The first-order valence-corrected chi connectivity index (χ1v) is 32.6. The van der Waals surface area contributed by atoms with E-state index < -0.39 is 12.1 Å². The third-order valence-corrected chi connectivity index (χ3v) is 15.2. The van der Waals surface area contributed by atoms with Crippen molar-refractivity contribution < 1.29 is 24.5 Å². The predicted octanol–water partition coefficient (Wildman–Crippen LogP) is 20.6. The Balaban J connectivity index is 3.42. The van der Waals surface area contributed by atoms with E-state index in [4.69, 9.17) is 4.74 Å². The second kappa shape index (κ2) is 61.9. The molecule has 0 fully saturated rings. The molecular formula is C66H127NO5. The van der Waals surface area contributed by atoms with Crippen LogP contribution in [-0.2, 0) is 14.3 Å². The zero-order valence-electron chi connectivity index (χ0n) is 48.7. The fourth-order valence-corrected chi connectivity index (χ4v) is 10.2. The fraction of sp³-hybridized carbons (Fsp3) is 0.909. The molecule has 0 bridgehead atoms. The highest BCUT2D eigenvalue weighted by Gasteiger charge is 2.20. The van der Waals surface area contributed by atoms with Crippen LogP contribution < -0.4 is 5.32 Å². The molecule has 0 spiro atoms. The van der Waals surface area contributed by atoms with Crippen LogP contribution in [0.1, 0.15) is 361 Å². The Kier molecular flexibility index (Phi) is 60.5. The summed E-state index contributed by atoms with van der Waals surface area (Å²) in [5.74, 6) is -0.0360. The van der Waals surface area contributed by atoms with E-state index in [1.165, 1.54) is 283 Å². The number of allylic oxidation sites excluding steroid dienone is 4.